The fraction of sp³-hybridized carbons (Fsp3) is 0.621. The molecule has 1 aromatic heterocycles. The molecule has 1 N–H and O–H groups in total. The molecule has 5 aliphatic heterocycles. The van der Waals surface area contributed by atoms with Crippen LogP contribution in [0.5, 0.6) is 5.75 Å². The first-order valence-corrected chi connectivity index (χ1v) is 14.7. The van der Waals surface area contributed by atoms with E-state index in [-0.39, 0.29) is 17.6 Å². The van der Waals surface area contributed by atoms with E-state index in [2.05, 4.69) is 26.7 Å². The van der Waals surface area contributed by atoms with Gasteiger partial charge in [0.05, 0.1) is 16.7 Å². The number of carbonyl (C=O) groups excluding carboxylic acids is 1. The summed E-state index contributed by atoms with van der Waals surface area (Å²) in [6, 6.07) is 5.00. The van der Waals surface area contributed by atoms with Crippen LogP contribution in [0.3, 0.4) is 0 Å². The molecule has 0 saturated carbocycles. The zero-order valence-electron chi connectivity index (χ0n) is 23.0. The fourth-order valence-corrected chi connectivity index (χ4v) is 8.26. The highest BCUT2D eigenvalue weighted by Crippen LogP contribution is 2.54. The second kappa shape index (κ2) is 9.13. The Kier molecular flexibility index (Phi) is 5.90. The first-order valence-electron chi connectivity index (χ1n) is 14.4. The van der Waals surface area contributed by atoms with Gasteiger partial charge in [-0.15, -0.1) is 0 Å². The number of rotatable bonds is 3. The average Bonchev–Trinajstić information content (AvgIpc) is 3.25. The molecule has 7 rings (SSSR count). The summed E-state index contributed by atoms with van der Waals surface area (Å²) in [5.74, 6) is 2.20. The first-order chi connectivity index (χ1) is 18.8. The highest BCUT2D eigenvalue weighted by atomic mass is 35.5. The maximum atomic E-state index is 13.9. The number of likely N-dealkylation sites (N-methyl/N-ethyl adjacent to an activating group) is 1. The largest absolute Gasteiger partial charge is 0.488 e. The zero-order valence-corrected chi connectivity index (χ0v) is 23.8. The summed E-state index contributed by atoms with van der Waals surface area (Å²) in [5, 5.41) is 0.619. The Morgan fingerprint density at radius 1 is 1.05 bits per heavy atom. The van der Waals surface area contributed by atoms with Gasteiger partial charge in [0.2, 0.25) is 11.9 Å². The van der Waals surface area contributed by atoms with Gasteiger partial charge in [-0.1, -0.05) is 11.6 Å². The number of ether oxygens (including phenoxy) is 1. The van der Waals surface area contributed by atoms with Crippen molar-refractivity contribution in [2.24, 2.45) is 0 Å². The predicted octanol–water partition coefficient (Wildman–Crippen LogP) is 3.32. The van der Waals surface area contributed by atoms with Gasteiger partial charge >= 0.3 is 0 Å². The van der Waals surface area contributed by atoms with E-state index in [1.807, 2.05) is 26.2 Å². The molecule has 208 valence electrons. The van der Waals surface area contributed by atoms with Crippen LogP contribution in [0.1, 0.15) is 56.1 Å². The number of H-pyrrole nitrogens is 1. The number of nitrogens with one attached hydrogen (secondary N) is 1. The minimum Gasteiger partial charge on any atom is -0.488 e. The van der Waals surface area contributed by atoms with Crippen LogP contribution in [0, 0.1) is 0 Å². The number of hydrogen-bond acceptors (Lipinski definition) is 7. The summed E-state index contributed by atoms with van der Waals surface area (Å²) in [5.41, 5.74) is 1.73. The van der Waals surface area contributed by atoms with E-state index < -0.39 is 5.41 Å². The Balaban J connectivity index is 1.16. The molecule has 1 amide bonds. The molecule has 6 heterocycles. The molecular formula is C29H37ClN6O3. The number of aromatic amines is 1. The lowest BCUT2D eigenvalue weighted by Gasteiger charge is -2.39. The quantitative estimate of drug-likeness (QED) is 0.625. The normalized spacial score (nSPS) is 27.7. The van der Waals surface area contributed by atoms with E-state index in [1.54, 1.807) is 4.90 Å². The molecule has 10 heteroatoms. The SMILES string of the molecule is CN1CCCc2c1nc(N1CCC3(CC1)C(=O)N(C)c1c(OC4CC5CCC(C4)N5C)ccc(Cl)c13)[nH]c2=O. The maximum Gasteiger partial charge on any atom is 0.257 e. The number of amides is 1. The van der Waals surface area contributed by atoms with Crippen molar-refractivity contribution < 1.29 is 9.53 Å². The average molecular weight is 553 g/mol. The van der Waals surface area contributed by atoms with Gasteiger partial charge in [-0.3, -0.25) is 14.6 Å². The van der Waals surface area contributed by atoms with Gasteiger partial charge < -0.3 is 24.3 Å². The minimum absolute atomic E-state index is 0.0592. The van der Waals surface area contributed by atoms with Gasteiger partial charge in [0, 0.05) is 56.4 Å². The summed E-state index contributed by atoms with van der Waals surface area (Å²) in [6.45, 7) is 2.10. The number of nitrogens with zero attached hydrogens (tertiary/aromatic N) is 5. The number of anilines is 3. The van der Waals surface area contributed by atoms with Crippen LogP contribution in [0.4, 0.5) is 17.5 Å². The molecule has 39 heavy (non-hydrogen) atoms. The van der Waals surface area contributed by atoms with Gasteiger partial charge in [0.15, 0.2) is 0 Å². The highest BCUT2D eigenvalue weighted by Gasteiger charge is 2.54. The highest BCUT2D eigenvalue weighted by molar-refractivity contribution is 6.33. The number of benzene rings is 1. The van der Waals surface area contributed by atoms with Crippen LogP contribution in [-0.4, -0.2) is 79.7 Å². The lowest BCUT2D eigenvalue weighted by atomic mass is 9.73. The van der Waals surface area contributed by atoms with Crippen LogP contribution in [0.15, 0.2) is 16.9 Å². The number of halogens is 1. The van der Waals surface area contributed by atoms with Gasteiger partial charge in [-0.25, -0.2) is 0 Å². The molecule has 1 spiro atoms. The molecule has 5 aliphatic rings. The molecule has 0 radical (unpaired) electrons. The molecule has 2 aromatic rings. The third-order valence-electron chi connectivity index (χ3n) is 10.1. The Morgan fingerprint density at radius 3 is 2.49 bits per heavy atom. The van der Waals surface area contributed by atoms with Crippen LogP contribution in [-0.2, 0) is 16.6 Å². The van der Waals surface area contributed by atoms with E-state index in [1.165, 1.54) is 12.8 Å². The van der Waals surface area contributed by atoms with Crippen LogP contribution in [0.25, 0.3) is 0 Å². The topological polar surface area (TPSA) is 85.0 Å². The third-order valence-corrected chi connectivity index (χ3v) is 10.5. The van der Waals surface area contributed by atoms with E-state index in [4.69, 9.17) is 21.3 Å². The standard InChI is InChI=1S/C29H37ClN6O3/c1-33-12-4-5-20-25(33)31-28(32-26(20)37)36-13-10-29(11-14-36)23-21(30)8-9-22(24(23)35(3)27(29)38)39-19-15-17-6-7-18(16-19)34(17)2/h8-9,17-19H,4-7,10-16H2,1-3H3,(H,31,32,37). The Morgan fingerprint density at radius 2 is 1.77 bits per heavy atom. The molecule has 1 aromatic carbocycles. The Hall–Kier alpha value is -2.78. The van der Waals surface area contributed by atoms with E-state index in [0.29, 0.717) is 49.0 Å². The molecule has 9 nitrogen and oxygen atoms in total. The van der Waals surface area contributed by atoms with Crippen molar-refractivity contribution in [2.45, 2.75) is 75.0 Å². The molecule has 2 unspecified atom stereocenters. The summed E-state index contributed by atoms with van der Waals surface area (Å²) in [6.07, 6.45) is 7.56. The molecular weight excluding hydrogens is 516 g/mol. The van der Waals surface area contributed by atoms with Crippen molar-refractivity contribution >= 4 is 35.0 Å². The van der Waals surface area contributed by atoms with Crippen molar-refractivity contribution in [3.8, 4) is 5.75 Å². The Bertz CT molecular complexity index is 1370. The maximum absolute atomic E-state index is 13.9. The lowest BCUT2D eigenvalue weighted by molar-refractivity contribution is -0.123. The molecule has 2 bridgehead atoms. The molecule has 0 aliphatic carbocycles. The summed E-state index contributed by atoms with van der Waals surface area (Å²) in [7, 11) is 6.07. The number of aromatic nitrogens is 2. The molecule has 3 saturated heterocycles. The van der Waals surface area contributed by atoms with Crippen molar-refractivity contribution in [1.29, 1.82) is 0 Å². The number of piperidine rings is 2. The van der Waals surface area contributed by atoms with Crippen molar-refractivity contribution in [3.05, 3.63) is 38.6 Å². The second-order valence-corrected chi connectivity index (χ2v) is 12.6. The minimum atomic E-state index is -0.700. The predicted molar refractivity (Wildman–Crippen MR) is 153 cm³/mol. The van der Waals surface area contributed by atoms with Crippen LogP contribution in [0.2, 0.25) is 5.02 Å². The van der Waals surface area contributed by atoms with Gasteiger partial charge in [-0.2, -0.15) is 4.98 Å². The van der Waals surface area contributed by atoms with Gasteiger partial charge in [0.25, 0.3) is 5.56 Å². The Labute approximate surface area is 234 Å². The van der Waals surface area contributed by atoms with E-state index >= 15 is 0 Å². The zero-order chi connectivity index (χ0) is 27.1. The van der Waals surface area contributed by atoms with E-state index in [0.717, 1.165) is 60.6 Å². The van der Waals surface area contributed by atoms with Crippen molar-refractivity contribution in [3.63, 3.8) is 0 Å². The smallest absolute Gasteiger partial charge is 0.257 e. The van der Waals surface area contributed by atoms with Gasteiger partial charge in [-0.05, 0) is 70.5 Å². The van der Waals surface area contributed by atoms with Gasteiger partial charge in [0.1, 0.15) is 17.7 Å². The number of hydrogen-bond donors (Lipinski definition) is 1. The number of fused-ring (bicyclic) bond motifs is 5. The first kappa shape index (κ1) is 25.2. The van der Waals surface area contributed by atoms with Crippen molar-refractivity contribution in [1.82, 2.24) is 14.9 Å². The van der Waals surface area contributed by atoms with Crippen molar-refractivity contribution in [2.75, 3.05) is 55.5 Å². The molecule has 2 atom stereocenters. The second-order valence-electron chi connectivity index (χ2n) is 12.2. The van der Waals surface area contributed by atoms with Crippen LogP contribution >= 0.6 is 11.6 Å². The summed E-state index contributed by atoms with van der Waals surface area (Å²) < 4.78 is 6.66. The monoisotopic (exact) mass is 552 g/mol. The summed E-state index contributed by atoms with van der Waals surface area (Å²) in [4.78, 5) is 43.1. The van der Waals surface area contributed by atoms with Crippen LogP contribution < -0.4 is 25.0 Å². The lowest BCUT2D eigenvalue weighted by Crippen LogP contribution is -2.49. The third kappa shape index (κ3) is 3.79. The molecule has 3 fully saturated rings. The summed E-state index contributed by atoms with van der Waals surface area (Å²) >= 11 is 6.86. The number of carbonyl (C=O) groups is 1. The fourth-order valence-electron chi connectivity index (χ4n) is 7.93. The van der Waals surface area contributed by atoms with E-state index in [9.17, 15) is 9.59 Å².